The third kappa shape index (κ3) is 3.09. The monoisotopic (exact) mass is 285 g/mol. The Morgan fingerprint density at radius 3 is 2.36 bits per heavy atom. The van der Waals surface area contributed by atoms with E-state index in [9.17, 15) is 0 Å². The summed E-state index contributed by atoms with van der Waals surface area (Å²) in [6.45, 7) is 5.90. The molecule has 108 valence electrons. The molecule has 0 bridgehead atoms. The lowest BCUT2D eigenvalue weighted by molar-refractivity contribution is 1.45. The number of benzene rings is 3. The predicted molar refractivity (Wildman–Crippen MR) is 96.4 cm³/mol. The van der Waals surface area contributed by atoms with Crippen LogP contribution in [0.4, 0.5) is 11.4 Å². The molecule has 0 atom stereocenters. The zero-order chi connectivity index (χ0) is 15.4. The Bertz CT molecular complexity index is 785. The Kier molecular flexibility index (Phi) is 4.06. The molecule has 0 unspecified atom stereocenters. The van der Waals surface area contributed by atoms with Crippen LogP contribution in [0.25, 0.3) is 17.2 Å². The smallest absolute Gasteiger partial charge is 0.0463 e. The number of aryl methyl sites for hydroxylation is 1. The van der Waals surface area contributed by atoms with Crippen LogP contribution in [0.2, 0.25) is 0 Å². The normalized spacial score (nSPS) is 10.2. The average Bonchev–Trinajstić information content (AvgIpc) is 2.56. The van der Waals surface area contributed by atoms with E-state index in [1.165, 1.54) is 16.7 Å². The van der Waals surface area contributed by atoms with Crippen molar-refractivity contribution >= 4 is 17.5 Å². The first-order valence-electron chi connectivity index (χ1n) is 7.42. The highest BCUT2D eigenvalue weighted by Gasteiger charge is 2.05. The van der Waals surface area contributed by atoms with Crippen molar-refractivity contribution in [2.24, 2.45) is 0 Å². The number of nitrogens with one attached hydrogen (secondary N) is 1. The topological polar surface area (TPSA) is 12.0 Å². The SMILES string of the molecule is C=Cc1ccc(-c2ccccc2Nc2cccc(C)c2)cc1. The van der Waals surface area contributed by atoms with Crippen molar-refractivity contribution < 1.29 is 0 Å². The number of hydrogen-bond donors (Lipinski definition) is 1. The van der Waals surface area contributed by atoms with Gasteiger partial charge in [0.15, 0.2) is 0 Å². The van der Waals surface area contributed by atoms with E-state index in [0.717, 1.165) is 16.9 Å². The molecule has 22 heavy (non-hydrogen) atoms. The fourth-order valence-corrected chi connectivity index (χ4v) is 2.52. The second-order valence-electron chi connectivity index (χ2n) is 5.37. The van der Waals surface area contributed by atoms with Crippen LogP contribution in [-0.2, 0) is 0 Å². The van der Waals surface area contributed by atoms with Crippen LogP contribution in [0.1, 0.15) is 11.1 Å². The minimum atomic E-state index is 1.11. The molecule has 0 radical (unpaired) electrons. The highest BCUT2D eigenvalue weighted by atomic mass is 14.9. The molecule has 1 heteroatoms. The zero-order valence-corrected chi connectivity index (χ0v) is 12.7. The van der Waals surface area contributed by atoms with Crippen molar-refractivity contribution in [1.82, 2.24) is 0 Å². The van der Waals surface area contributed by atoms with Crippen molar-refractivity contribution in [2.45, 2.75) is 6.92 Å². The van der Waals surface area contributed by atoms with Crippen LogP contribution >= 0.6 is 0 Å². The fraction of sp³-hybridized carbons (Fsp3) is 0.0476. The van der Waals surface area contributed by atoms with Gasteiger partial charge in [-0.3, -0.25) is 0 Å². The summed E-state index contributed by atoms with van der Waals surface area (Å²) in [4.78, 5) is 0. The lowest BCUT2D eigenvalue weighted by Gasteiger charge is -2.13. The minimum absolute atomic E-state index is 1.11. The van der Waals surface area contributed by atoms with E-state index in [2.05, 4.69) is 91.6 Å². The van der Waals surface area contributed by atoms with Gasteiger partial charge in [0, 0.05) is 16.9 Å². The third-order valence-electron chi connectivity index (χ3n) is 3.68. The molecule has 0 aliphatic heterocycles. The molecule has 0 aromatic heterocycles. The molecule has 0 aliphatic carbocycles. The lowest BCUT2D eigenvalue weighted by atomic mass is 10.0. The van der Waals surface area contributed by atoms with E-state index < -0.39 is 0 Å². The molecule has 0 amide bonds. The van der Waals surface area contributed by atoms with Gasteiger partial charge in [0.05, 0.1) is 0 Å². The summed E-state index contributed by atoms with van der Waals surface area (Å²) < 4.78 is 0. The Morgan fingerprint density at radius 1 is 0.864 bits per heavy atom. The second-order valence-corrected chi connectivity index (χ2v) is 5.37. The van der Waals surface area contributed by atoms with Gasteiger partial charge in [-0.15, -0.1) is 0 Å². The molecule has 0 fully saturated rings. The number of hydrogen-bond acceptors (Lipinski definition) is 1. The summed E-state index contributed by atoms with van der Waals surface area (Å²) >= 11 is 0. The molecule has 1 N–H and O–H groups in total. The first-order chi connectivity index (χ1) is 10.8. The molecule has 0 saturated heterocycles. The van der Waals surface area contributed by atoms with Crippen LogP contribution < -0.4 is 5.32 Å². The summed E-state index contributed by atoms with van der Waals surface area (Å²) in [7, 11) is 0. The average molecular weight is 285 g/mol. The molecular weight excluding hydrogens is 266 g/mol. The second kappa shape index (κ2) is 6.31. The van der Waals surface area contributed by atoms with Gasteiger partial charge in [-0.25, -0.2) is 0 Å². The summed E-state index contributed by atoms with van der Waals surface area (Å²) in [6, 6.07) is 25.2. The van der Waals surface area contributed by atoms with E-state index in [-0.39, 0.29) is 0 Å². The summed E-state index contributed by atoms with van der Waals surface area (Å²) in [5, 5.41) is 3.52. The Morgan fingerprint density at radius 2 is 1.64 bits per heavy atom. The van der Waals surface area contributed by atoms with Crippen LogP contribution in [0.15, 0.2) is 79.4 Å². The minimum Gasteiger partial charge on any atom is -0.355 e. The van der Waals surface area contributed by atoms with Gasteiger partial charge in [-0.2, -0.15) is 0 Å². The number of para-hydroxylation sites is 1. The molecule has 0 saturated carbocycles. The Hall–Kier alpha value is -2.80. The van der Waals surface area contributed by atoms with E-state index in [1.807, 2.05) is 6.08 Å². The number of anilines is 2. The molecule has 1 nitrogen and oxygen atoms in total. The molecule has 3 aromatic rings. The summed E-state index contributed by atoms with van der Waals surface area (Å²) in [6.07, 6.45) is 1.86. The van der Waals surface area contributed by atoms with Gasteiger partial charge in [0.2, 0.25) is 0 Å². The van der Waals surface area contributed by atoms with E-state index in [4.69, 9.17) is 0 Å². The summed E-state index contributed by atoms with van der Waals surface area (Å²) in [5.74, 6) is 0. The maximum Gasteiger partial charge on any atom is 0.0463 e. The molecule has 0 spiro atoms. The highest BCUT2D eigenvalue weighted by molar-refractivity contribution is 5.81. The van der Waals surface area contributed by atoms with Gasteiger partial charge >= 0.3 is 0 Å². The fourth-order valence-electron chi connectivity index (χ4n) is 2.52. The van der Waals surface area contributed by atoms with Crippen LogP contribution in [0, 0.1) is 6.92 Å². The van der Waals surface area contributed by atoms with Crippen molar-refractivity contribution in [3.63, 3.8) is 0 Å². The Balaban J connectivity index is 1.97. The summed E-state index contributed by atoms with van der Waals surface area (Å²) in [5.41, 5.74) is 6.99. The standard InChI is InChI=1S/C21H19N/c1-3-17-11-13-18(14-12-17)20-9-4-5-10-21(20)22-19-8-6-7-16(2)15-19/h3-15,22H,1H2,2H3. The van der Waals surface area contributed by atoms with Crippen molar-refractivity contribution in [3.8, 4) is 11.1 Å². The maximum absolute atomic E-state index is 3.80. The molecule has 0 heterocycles. The van der Waals surface area contributed by atoms with Crippen molar-refractivity contribution in [3.05, 3.63) is 90.5 Å². The van der Waals surface area contributed by atoms with E-state index in [1.54, 1.807) is 0 Å². The maximum atomic E-state index is 3.80. The predicted octanol–water partition coefficient (Wildman–Crippen LogP) is 6.05. The van der Waals surface area contributed by atoms with Crippen LogP contribution in [-0.4, -0.2) is 0 Å². The van der Waals surface area contributed by atoms with Gasteiger partial charge in [-0.05, 0) is 41.8 Å². The first kappa shape index (κ1) is 14.2. The molecular formula is C21H19N. The van der Waals surface area contributed by atoms with Gasteiger partial charge in [0.1, 0.15) is 0 Å². The number of rotatable bonds is 4. The van der Waals surface area contributed by atoms with E-state index in [0.29, 0.717) is 0 Å². The van der Waals surface area contributed by atoms with E-state index >= 15 is 0 Å². The molecule has 0 aliphatic rings. The van der Waals surface area contributed by atoms with Crippen molar-refractivity contribution in [2.75, 3.05) is 5.32 Å². The van der Waals surface area contributed by atoms with Crippen LogP contribution in [0.5, 0.6) is 0 Å². The molecule has 3 aromatic carbocycles. The quantitative estimate of drug-likeness (QED) is 0.615. The van der Waals surface area contributed by atoms with Gasteiger partial charge in [-0.1, -0.05) is 67.3 Å². The highest BCUT2D eigenvalue weighted by Crippen LogP contribution is 2.30. The molecule has 3 rings (SSSR count). The third-order valence-corrected chi connectivity index (χ3v) is 3.68. The van der Waals surface area contributed by atoms with Gasteiger partial charge < -0.3 is 5.32 Å². The van der Waals surface area contributed by atoms with Gasteiger partial charge in [0.25, 0.3) is 0 Å². The first-order valence-corrected chi connectivity index (χ1v) is 7.42. The Labute approximate surface area is 132 Å². The largest absolute Gasteiger partial charge is 0.355 e. The lowest BCUT2D eigenvalue weighted by Crippen LogP contribution is -1.93. The zero-order valence-electron chi connectivity index (χ0n) is 12.7. The van der Waals surface area contributed by atoms with Crippen molar-refractivity contribution in [1.29, 1.82) is 0 Å². The van der Waals surface area contributed by atoms with Crippen LogP contribution in [0.3, 0.4) is 0 Å².